The summed E-state index contributed by atoms with van der Waals surface area (Å²) < 4.78 is 5.24. The predicted octanol–water partition coefficient (Wildman–Crippen LogP) is 1.47. The van der Waals surface area contributed by atoms with E-state index < -0.39 is 0 Å². The van der Waals surface area contributed by atoms with Gasteiger partial charge in [-0.15, -0.1) is 5.10 Å². The van der Waals surface area contributed by atoms with Crippen molar-refractivity contribution in [1.29, 1.82) is 0 Å². The van der Waals surface area contributed by atoms with Gasteiger partial charge in [0.1, 0.15) is 0 Å². The monoisotopic (exact) mass is 207 g/mol. The van der Waals surface area contributed by atoms with Crippen molar-refractivity contribution in [3.8, 4) is 5.88 Å². The van der Waals surface area contributed by atoms with Crippen molar-refractivity contribution < 1.29 is 4.74 Å². The summed E-state index contributed by atoms with van der Waals surface area (Å²) in [5.74, 6) is 0.614. The van der Waals surface area contributed by atoms with E-state index in [0.717, 1.165) is 12.2 Å². The first-order chi connectivity index (χ1) is 7.38. The number of hydrogen-bond acceptors (Lipinski definition) is 4. The molecule has 1 aliphatic rings. The molecular formula is C11H17N3O. The molecule has 1 saturated heterocycles. The molecule has 1 aromatic rings. The van der Waals surface area contributed by atoms with E-state index in [0.29, 0.717) is 12.5 Å². The number of aromatic nitrogens is 2. The minimum Gasteiger partial charge on any atom is -0.477 e. The molecule has 0 bridgehead atoms. The van der Waals surface area contributed by atoms with Crippen LogP contribution in [0.25, 0.3) is 0 Å². The molecular weight excluding hydrogens is 190 g/mol. The fourth-order valence-electron chi connectivity index (χ4n) is 1.83. The van der Waals surface area contributed by atoms with E-state index in [1.165, 1.54) is 25.9 Å². The minimum absolute atomic E-state index is 0.614. The zero-order valence-corrected chi connectivity index (χ0v) is 9.15. The first kappa shape index (κ1) is 10.4. The summed E-state index contributed by atoms with van der Waals surface area (Å²) in [6.07, 6.45) is 2.62. The Balaban J connectivity index is 1.91. The van der Waals surface area contributed by atoms with Crippen molar-refractivity contribution in [2.45, 2.75) is 26.3 Å². The normalized spacial score (nSPS) is 16.9. The molecule has 2 heterocycles. The summed E-state index contributed by atoms with van der Waals surface area (Å²) in [5.41, 5.74) is 1.03. The van der Waals surface area contributed by atoms with Crippen molar-refractivity contribution >= 4 is 0 Å². The Bertz CT molecular complexity index is 293. The maximum atomic E-state index is 5.24. The SMILES string of the molecule is CCOc1ccc(CN2CCCC2)nn1. The topological polar surface area (TPSA) is 38.2 Å². The molecule has 0 aromatic carbocycles. The van der Waals surface area contributed by atoms with Gasteiger partial charge in [0.15, 0.2) is 0 Å². The van der Waals surface area contributed by atoms with Crippen LogP contribution in [0.3, 0.4) is 0 Å². The molecule has 0 saturated carbocycles. The van der Waals surface area contributed by atoms with Gasteiger partial charge in [-0.2, -0.15) is 5.10 Å². The fourth-order valence-corrected chi connectivity index (χ4v) is 1.83. The van der Waals surface area contributed by atoms with E-state index in [1.54, 1.807) is 0 Å². The fraction of sp³-hybridized carbons (Fsp3) is 0.636. The molecule has 0 radical (unpaired) electrons. The molecule has 4 nitrogen and oxygen atoms in total. The number of rotatable bonds is 4. The van der Waals surface area contributed by atoms with E-state index in [4.69, 9.17) is 4.74 Å². The van der Waals surface area contributed by atoms with Crippen molar-refractivity contribution in [3.63, 3.8) is 0 Å². The Morgan fingerprint density at radius 1 is 1.27 bits per heavy atom. The largest absolute Gasteiger partial charge is 0.477 e. The summed E-state index contributed by atoms with van der Waals surface area (Å²) in [5, 5.41) is 8.16. The van der Waals surface area contributed by atoms with E-state index in [9.17, 15) is 0 Å². The summed E-state index contributed by atoms with van der Waals surface area (Å²) in [6, 6.07) is 3.89. The van der Waals surface area contributed by atoms with Crippen LogP contribution in [0.2, 0.25) is 0 Å². The third-order valence-electron chi connectivity index (χ3n) is 2.57. The highest BCUT2D eigenvalue weighted by Crippen LogP contribution is 2.12. The number of hydrogen-bond donors (Lipinski definition) is 0. The van der Waals surface area contributed by atoms with E-state index in [1.807, 2.05) is 19.1 Å². The molecule has 1 aromatic heterocycles. The third-order valence-corrected chi connectivity index (χ3v) is 2.57. The molecule has 15 heavy (non-hydrogen) atoms. The Labute approximate surface area is 90.3 Å². The number of ether oxygens (including phenoxy) is 1. The standard InChI is InChI=1S/C11H17N3O/c1-2-15-11-6-5-10(12-13-11)9-14-7-3-4-8-14/h5-6H,2-4,7-9H2,1H3. The summed E-state index contributed by atoms with van der Waals surface area (Å²) in [7, 11) is 0. The van der Waals surface area contributed by atoms with Gasteiger partial charge in [0.25, 0.3) is 0 Å². The van der Waals surface area contributed by atoms with E-state index in [2.05, 4.69) is 15.1 Å². The Morgan fingerprint density at radius 2 is 2.07 bits per heavy atom. The highest BCUT2D eigenvalue weighted by Gasteiger charge is 2.12. The highest BCUT2D eigenvalue weighted by atomic mass is 16.5. The molecule has 0 N–H and O–H groups in total. The summed E-state index contributed by atoms with van der Waals surface area (Å²) >= 11 is 0. The van der Waals surface area contributed by atoms with Crippen molar-refractivity contribution in [2.75, 3.05) is 19.7 Å². The van der Waals surface area contributed by atoms with Crippen LogP contribution < -0.4 is 4.74 Å². The van der Waals surface area contributed by atoms with Gasteiger partial charge in [0, 0.05) is 12.6 Å². The maximum absolute atomic E-state index is 5.24. The summed E-state index contributed by atoms with van der Waals surface area (Å²) in [4.78, 5) is 2.41. The van der Waals surface area contributed by atoms with E-state index >= 15 is 0 Å². The minimum atomic E-state index is 0.614. The first-order valence-electron chi connectivity index (χ1n) is 5.56. The van der Waals surface area contributed by atoms with Crippen LogP contribution in [-0.2, 0) is 6.54 Å². The van der Waals surface area contributed by atoms with Gasteiger partial charge in [0.05, 0.1) is 12.3 Å². The molecule has 4 heteroatoms. The predicted molar refractivity (Wildman–Crippen MR) is 57.7 cm³/mol. The van der Waals surface area contributed by atoms with Gasteiger partial charge in [-0.25, -0.2) is 0 Å². The molecule has 82 valence electrons. The van der Waals surface area contributed by atoms with Crippen LogP contribution in [0, 0.1) is 0 Å². The van der Waals surface area contributed by atoms with Crippen LogP contribution in [0.4, 0.5) is 0 Å². The van der Waals surface area contributed by atoms with E-state index in [-0.39, 0.29) is 0 Å². The van der Waals surface area contributed by atoms with Gasteiger partial charge in [-0.3, -0.25) is 4.90 Å². The van der Waals surface area contributed by atoms with Gasteiger partial charge >= 0.3 is 0 Å². The molecule has 1 aliphatic heterocycles. The van der Waals surface area contributed by atoms with Gasteiger partial charge in [-0.1, -0.05) is 0 Å². The highest BCUT2D eigenvalue weighted by molar-refractivity contribution is 5.11. The third kappa shape index (κ3) is 2.89. The molecule has 0 amide bonds. The molecule has 1 fully saturated rings. The molecule has 2 rings (SSSR count). The van der Waals surface area contributed by atoms with Crippen molar-refractivity contribution in [3.05, 3.63) is 17.8 Å². The van der Waals surface area contributed by atoms with Gasteiger partial charge < -0.3 is 4.74 Å². The lowest BCUT2D eigenvalue weighted by molar-refractivity contribution is 0.312. The Kier molecular flexibility index (Phi) is 3.50. The molecule has 0 atom stereocenters. The Hall–Kier alpha value is -1.16. The first-order valence-corrected chi connectivity index (χ1v) is 5.56. The Morgan fingerprint density at radius 3 is 2.67 bits per heavy atom. The lowest BCUT2D eigenvalue weighted by Crippen LogP contribution is -2.19. The zero-order valence-electron chi connectivity index (χ0n) is 9.15. The second kappa shape index (κ2) is 5.07. The van der Waals surface area contributed by atoms with Crippen molar-refractivity contribution in [2.24, 2.45) is 0 Å². The average molecular weight is 207 g/mol. The van der Waals surface area contributed by atoms with Gasteiger partial charge in [-0.05, 0) is 38.9 Å². The van der Waals surface area contributed by atoms with Crippen LogP contribution in [-0.4, -0.2) is 34.8 Å². The van der Waals surface area contributed by atoms with Crippen LogP contribution in [0.5, 0.6) is 5.88 Å². The van der Waals surface area contributed by atoms with Crippen LogP contribution in [0.1, 0.15) is 25.5 Å². The number of likely N-dealkylation sites (tertiary alicyclic amines) is 1. The second-order valence-electron chi connectivity index (χ2n) is 3.78. The molecule has 0 unspecified atom stereocenters. The lowest BCUT2D eigenvalue weighted by Gasteiger charge is -2.13. The summed E-state index contributed by atoms with van der Waals surface area (Å²) in [6.45, 7) is 5.88. The number of nitrogens with zero attached hydrogens (tertiary/aromatic N) is 3. The average Bonchev–Trinajstić information content (AvgIpc) is 2.74. The van der Waals surface area contributed by atoms with Gasteiger partial charge in [0.2, 0.25) is 5.88 Å². The molecule has 0 spiro atoms. The smallest absolute Gasteiger partial charge is 0.233 e. The molecule has 0 aliphatic carbocycles. The maximum Gasteiger partial charge on any atom is 0.233 e. The van der Waals surface area contributed by atoms with Crippen LogP contribution >= 0.6 is 0 Å². The van der Waals surface area contributed by atoms with Crippen LogP contribution in [0.15, 0.2) is 12.1 Å². The second-order valence-corrected chi connectivity index (χ2v) is 3.78. The zero-order chi connectivity index (χ0) is 10.5. The lowest BCUT2D eigenvalue weighted by atomic mass is 10.3. The quantitative estimate of drug-likeness (QED) is 0.749. The van der Waals surface area contributed by atoms with Crippen molar-refractivity contribution in [1.82, 2.24) is 15.1 Å².